The zero-order valence-corrected chi connectivity index (χ0v) is 14.7. The lowest BCUT2D eigenvalue weighted by Gasteiger charge is -2.09. The van der Waals surface area contributed by atoms with Crippen LogP contribution in [0.3, 0.4) is 0 Å². The van der Waals surface area contributed by atoms with Gasteiger partial charge in [0.05, 0.1) is 37.1 Å². The molecule has 0 saturated heterocycles. The molecule has 6 nitrogen and oxygen atoms in total. The fraction of sp³-hybridized carbons (Fsp3) is 0.105. The summed E-state index contributed by atoms with van der Waals surface area (Å²) in [6.45, 7) is 0.425. The summed E-state index contributed by atoms with van der Waals surface area (Å²) in [5.74, 6) is 0.755. The Morgan fingerprint density at radius 2 is 2.12 bits per heavy atom. The van der Waals surface area contributed by atoms with E-state index in [0.29, 0.717) is 22.6 Å². The molecule has 0 atom stereocenters. The molecular weight excluding hydrogens is 352 g/mol. The van der Waals surface area contributed by atoms with Gasteiger partial charge in [0.1, 0.15) is 10.9 Å². The van der Waals surface area contributed by atoms with Crippen molar-refractivity contribution in [3.8, 4) is 16.9 Å². The topological polar surface area (TPSA) is 72.8 Å². The Morgan fingerprint density at radius 1 is 1.23 bits per heavy atom. The molecular formula is C19H15ClN4O2. The van der Waals surface area contributed by atoms with Crippen LogP contribution in [0.2, 0.25) is 5.15 Å². The zero-order valence-electron chi connectivity index (χ0n) is 13.9. The Bertz CT molecular complexity index is 1150. The zero-order chi connectivity index (χ0) is 18.1. The summed E-state index contributed by atoms with van der Waals surface area (Å²) in [5.41, 5.74) is 3.12. The second-order valence-corrected chi connectivity index (χ2v) is 6.24. The van der Waals surface area contributed by atoms with Crippen LogP contribution in [0, 0.1) is 0 Å². The summed E-state index contributed by atoms with van der Waals surface area (Å²) in [6, 6.07) is 13.1. The maximum Gasteiger partial charge on any atom is 0.261 e. The highest BCUT2D eigenvalue weighted by molar-refractivity contribution is 6.32. The molecule has 0 radical (unpaired) electrons. The van der Waals surface area contributed by atoms with Crippen molar-refractivity contribution < 1.29 is 4.74 Å². The second-order valence-electron chi connectivity index (χ2n) is 5.86. The first-order valence-electron chi connectivity index (χ1n) is 7.97. The lowest BCUT2D eigenvalue weighted by molar-refractivity contribution is 0.414. The Labute approximate surface area is 154 Å². The number of halogens is 1. The molecule has 0 spiro atoms. The number of aromatic amines is 1. The van der Waals surface area contributed by atoms with E-state index in [1.807, 2.05) is 36.4 Å². The minimum atomic E-state index is -0.0948. The van der Waals surface area contributed by atoms with Crippen LogP contribution in [0.4, 0.5) is 0 Å². The molecule has 26 heavy (non-hydrogen) atoms. The molecule has 4 aromatic rings. The quantitative estimate of drug-likeness (QED) is 0.600. The molecule has 2 aromatic carbocycles. The summed E-state index contributed by atoms with van der Waals surface area (Å²) in [4.78, 5) is 17.2. The maximum absolute atomic E-state index is 12.8. The first kappa shape index (κ1) is 16.4. The van der Waals surface area contributed by atoms with Crippen LogP contribution < -0.4 is 10.3 Å². The van der Waals surface area contributed by atoms with Gasteiger partial charge in [-0.1, -0.05) is 29.8 Å². The highest BCUT2D eigenvalue weighted by Crippen LogP contribution is 2.27. The fourth-order valence-electron chi connectivity index (χ4n) is 2.88. The van der Waals surface area contributed by atoms with Crippen molar-refractivity contribution in [3.63, 3.8) is 0 Å². The van der Waals surface area contributed by atoms with E-state index in [4.69, 9.17) is 16.3 Å². The van der Waals surface area contributed by atoms with Crippen LogP contribution in [0.5, 0.6) is 5.75 Å². The predicted molar refractivity (Wildman–Crippen MR) is 101 cm³/mol. The number of methoxy groups -OCH3 is 1. The highest BCUT2D eigenvalue weighted by Gasteiger charge is 2.10. The summed E-state index contributed by atoms with van der Waals surface area (Å²) < 4.78 is 6.81. The van der Waals surface area contributed by atoms with Crippen molar-refractivity contribution in [1.82, 2.24) is 19.7 Å². The summed E-state index contributed by atoms with van der Waals surface area (Å²) in [7, 11) is 1.62. The smallest absolute Gasteiger partial charge is 0.261 e. The summed E-state index contributed by atoms with van der Waals surface area (Å²) in [6.07, 6.45) is 3.21. The van der Waals surface area contributed by atoms with Crippen LogP contribution in [-0.2, 0) is 6.54 Å². The normalized spacial score (nSPS) is 11.0. The number of nitrogens with zero attached hydrogens (tertiary/aromatic N) is 3. The van der Waals surface area contributed by atoms with E-state index in [-0.39, 0.29) is 5.56 Å². The number of H-pyrrole nitrogens is 1. The Hall–Kier alpha value is -3.12. The fourth-order valence-corrected chi connectivity index (χ4v) is 3.08. The molecule has 0 aliphatic rings. The molecule has 0 aliphatic heterocycles. The van der Waals surface area contributed by atoms with Crippen LogP contribution in [0.25, 0.3) is 22.0 Å². The van der Waals surface area contributed by atoms with E-state index in [0.717, 1.165) is 22.4 Å². The van der Waals surface area contributed by atoms with E-state index < -0.39 is 0 Å². The SMILES string of the molecule is COc1cccc(Cn2cnc3cc(-c4cn[nH]c4Cl)ccc3c2=O)c1. The van der Waals surface area contributed by atoms with E-state index >= 15 is 0 Å². The van der Waals surface area contributed by atoms with Gasteiger partial charge in [0.25, 0.3) is 5.56 Å². The van der Waals surface area contributed by atoms with Gasteiger partial charge in [-0.2, -0.15) is 5.10 Å². The number of hydrogen-bond acceptors (Lipinski definition) is 4. The Morgan fingerprint density at radius 3 is 2.88 bits per heavy atom. The minimum Gasteiger partial charge on any atom is -0.497 e. The second kappa shape index (κ2) is 6.65. The highest BCUT2D eigenvalue weighted by atomic mass is 35.5. The van der Waals surface area contributed by atoms with Crippen molar-refractivity contribution >= 4 is 22.5 Å². The average Bonchev–Trinajstić information content (AvgIpc) is 3.10. The molecule has 2 heterocycles. The van der Waals surface area contributed by atoms with Crippen molar-refractivity contribution in [2.75, 3.05) is 7.11 Å². The molecule has 0 fully saturated rings. The van der Waals surface area contributed by atoms with Crippen molar-refractivity contribution in [1.29, 1.82) is 0 Å². The summed E-state index contributed by atoms with van der Waals surface area (Å²) >= 11 is 6.08. The van der Waals surface area contributed by atoms with Gasteiger partial charge in [-0.3, -0.25) is 14.5 Å². The Balaban J connectivity index is 1.73. The number of nitrogens with one attached hydrogen (secondary N) is 1. The maximum atomic E-state index is 12.8. The van der Waals surface area contributed by atoms with E-state index in [9.17, 15) is 4.79 Å². The first-order chi connectivity index (χ1) is 12.7. The van der Waals surface area contributed by atoms with E-state index in [1.165, 1.54) is 0 Å². The van der Waals surface area contributed by atoms with Gasteiger partial charge < -0.3 is 4.74 Å². The van der Waals surface area contributed by atoms with Crippen molar-refractivity contribution in [2.24, 2.45) is 0 Å². The Kier molecular flexibility index (Phi) is 4.18. The monoisotopic (exact) mass is 366 g/mol. The largest absolute Gasteiger partial charge is 0.497 e. The standard InChI is InChI=1S/C19H15ClN4O2/c1-26-14-4-2-3-12(7-14)10-24-11-21-17-8-13(5-6-15(17)19(24)25)16-9-22-23-18(16)20/h2-9,11H,10H2,1H3,(H,22,23). The van der Waals surface area contributed by atoms with Gasteiger partial charge in [0.2, 0.25) is 0 Å². The van der Waals surface area contributed by atoms with Gasteiger partial charge in [-0.15, -0.1) is 0 Å². The number of fused-ring (bicyclic) bond motifs is 1. The first-order valence-corrected chi connectivity index (χ1v) is 8.35. The van der Waals surface area contributed by atoms with Crippen LogP contribution in [-0.4, -0.2) is 26.9 Å². The molecule has 0 aliphatic carbocycles. The molecule has 4 rings (SSSR count). The number of ether oxygens (including phenoxy) is 1. The molecule has 2 aromatic heterocycles. The molecule has 1 N–H and O–H groups in total. The molecule has 0 saturated carbocycles. The van der Waals surface area contributed by atoms with Crippen molar-refractivity contribution in [2.45, 2.75) is 6.54 Å². The van der Waals surface area contributed by atoms with Gasteiger partial charge in [-0.05, 0) is 35.4 Å². The molecule has 0 unspecified atom stereocenters. The third kappa shape index (κ3) is 2.95. The van der Waals surface area contributed by atoms with Crippen LogP contribution >= 0.6 is 11.6 Å². The summed E-state index contributed by atoms with van der Waals surface area (Å²) in [5, 5.41) is 7.62. The van der Waals surface area contributed by atoms with E-state index in [1.54, 1.807) is 30.3 Å². The van der Waals surface area contributed by atoms with Crippen LogP contribution in [0.1, 0.15) is 5.56 Å². The lowest BCUT2D eigenvalue weighted by atomic mass is 10.1. The van der Waals surface area contributed by atoms with Crippen molar-refractivity contribution in [3.05, 3.63) is 76.1 Å². The van der Waals surface area contributed by atoms with Gasteiger partial charge in [0.15, 0.2) is 0 Å². The number of aromatic nitrogens is 4. The predicted octanol–water partition coefficient (Wildman–Crippen LogP) is 3.50. The average molecular weight is 367 g/mol. The lowest BCUT2D eigenvalue weighted by Crippen LogP contribution is -2.21. The third-order valence-corrected chi connectivity index (χ3v) is 4.50. The molecule has 0 amide bonds. The van der Waals surface area contributed by atoms with Gasteiger partial charge in [-0.25, -0.2) is 4.98 Å². The van der Waals surface area contributed by atoms with Crippen LogP contribution in [0.15, 0.2) is 59.8 Å². The number of benzene rings is 2. The molecule has 7 heteroatoms. The number of hydrogen-bond donors (Lipinski definition) is 1. The minimum absolute atomic E-state index is 0.0948. The van der Waals surface area contributed by atoms with E-state index in [2.05, 4.69) is 15.2 Å². The van der Waals surface area contributed by atoms with Gasteiger partial charge in [0, 0.05) is 5.56 Å². The third-order valence-electron chi connectivity index (χ3n) is 4.22. The molecule has 130 valence electrons. The number of rotatable bonds is 4. The molecule has 0 bridgehead atoms. The van der Waals surface area contributed by atoms with Gasteiger partial charge >= 0.3 is 0 Å².